The highest BCUT2D eigenvalue weighted by molar-refractivity contribution is 5.86. The molecule has 1 aliphatic heterocycles. The van der Waals surface area contributed by atoms with Gasteiger partial charge in [0.1, 0.15) is 0 Å². The lowest BCUT2D eigenvalue weighted by molar-refractivity contribution is -0.132. The molecule has 1 rings (SSSR count). The Labute approximate surface area is 104 Å². The molecule has 0 aromatic heterocycles. The van der Waals surface area contributed by atoms with Crippen LogP contribution in [-0.4, -0.2) is 60.6 Å². The van der Waals surface area contributed by atoms with Crippen molar-refractivity contribution in [2.24, 2.45) is 0 Å². The zero-order chi connectivity index (χ0) is 12.8. The Kier molecular flexibility index (Phi) is 5.65. The van der Waals surface area contributed by atoms with E-state index in [4.69, 9.17) is 5.11 Å². The second kappa shape index (κ2) is 6.77. The molecule has 0 amide bonds. The molecular formula is C13H24N2O2. The largest absolute Gasteiger partial charge is 0.478 e. The Balaban J connectivity index is 2.38. The minimum Gasteiger partial charge on any atom is -0.478 e. The van der Waals surface area contributed by atoms with Crippen LogP contribution in [0.3, 0.4) is 0 Å². The van der Waals surface area contributed by atoms with Crippen molar-refractivity contribution in [2.75, 3.05) is 33.7 Å². The summed E-state index contributed by atoms with van der Waals surface area (Å²) in [6, 6.07) is 0.681. The van der Waals surface area contributed by atoms with Gasteiger partial charge in [0.05, 0.1) is 0 Å². The molecule has 4 heteroatoms. The van der Waals surface area contributed by atoms with Crippen LogP contribution in [0, 0.1) is 0 Å². The number of carboxylic acids is 1. The van der Waals surface area contributed by atoms with Crippen LogP contribution in [0.4, 0.5) is 0 Å². The second-order valence-corrected chi connectivity index (χ2v) is 4.88. The molecule has 0 spiro atoms. The first-order chi connectivity index (χ1) is 8.04. The van der Waals surface area contributed by atoms with Crippen molar-refractivity contribution in [1.82, 2.24) is 9.80 Å². The van der Waals surface area contributed by atoms with Crippen LogP contribution in [0.25, 0.3) is 0 Å². The van der Waals surface area contributed by atoms with Crippen LogP contribution >= 0.6 is 0 Å². The predicted molar refractivity (Wildman–Crippen MR) is 69.2 cm³/mol. The molecule has 1 saturated heterocycles. The van der Waals surface area contributed by atoms with Gasteiger partial charge < -0.3 is 10.0 Å². The third kappa shape index (κ3) is 4.48. The Bertz CT molecular complexity index is 279. The molecule has 0 aromatic rings. The first kappa shape index (κ1) is 14.2. The van der Waals surface area contributed by atoms with E-state index >= 15 is 0 Å². The highest BCUT2D eigenvalue weighted by atomic mass is 16.4. The van der Waals surface area contributed by atoms with Gasteiger partial charge in [0, 0.05) is 18.2 Å². The van der Waals surface area contributed by atoms with E-state index in [0.29, 0.717) is 18.0 Å². The number of hydrogen-bond acceptors (Lipinski definition) is 3. The van der Waals surface area contributed by atoms with Crippen LogP contribution in [0.5, 0.6) is 0 Å². The minimum absolute atomic E-state index is 0.528. The van der Waals surface area contributed by atoms with Gasteiger partial charge >= 0.3 is 5.97 Å². The summed E-state index contributed by atoms with van der Waals surface area (Å²) >= 11 is 0. The molecule has 17 heavy (non-hydrogen) atoms. The maximum Gasteiger partial charge on any atom is 0.331 e. The van der Waals surface area contributed by atoms with E-state index in [1.165, 1.54) is 12.8 Å². The molecule has 0 aromatic carbocycles. The van der Waals surface area contributed by atoms with Gasteiger partial charge in [-0.25, -0.2) is 4.79 Å². The van der Waals surface area contributed by atoms with E-state index in [1.54, 1.807) is 0 Å². The van der Waals surface area contributed by atoms with Gasteiger partial charge in [-0.05, 0) is 46.4 Å². The van der Waals surface area contributed by atoms with E-state index in [9.17, 15) is 4.79 Å². The summed E-state index contributed by atoms with van der Waals surface area (Å²) in [5.41, 5.74) is 0.528. The standard InChI is InChI=1S/C13H24N2O2/c1-4-11(13(16)17)5-8-15-9-6-12(7-10-15)14(2)3/h5,12H,4,6-10H2,1-3H3,(H,16,17). The zero-order valence-corrected chi connectivity index (χ0v) is 11.1. The third-order valence-corrected chi connectivity index (χ3v) is 3.54. The van der Waals surface area contributed by atoms with Crippen LogP contribution in [-0.2, 0) is 4.79 Å². The Morgan fingerprint density at radius 2 is 2.00 bits per heavy atom. The molecule has 1 fully saturated rings. The summed E-state index contributed by atoms with van der Waals surface area (Å²) in [5.74, 6) is -0.782. The summed E-state index contributed by atoms with van der Waals surface area (Å²) in [5, 5.41) is 8.92. The normalized spacial score (nSPS) is 19.9. The van der Waals surface area contributed by atoms with Gasteiger partial charge in [0.15, 0.2) is 0 Å². The fourth-order valence-corrected chi connectivity index (χ4v) is 2.24. The molecule has 1 heterocycles. The molecule has 0 radical (unpaired) electrons. The van der Waals surface area contributed by atoms with E-state index < -0.39 is 5.97 Å². The van der Waals surface area contributed by atoms with Gasteiger partial charge in [-0.3, -0.25) is 4.90 Å². The molecule has 0 unspecified atom stereocenters. The summed E-state index contributed by atoms with van der Waals surface area (Å²) < 4.78 is 0. The number of nitrogens with zero attached hydrogens (tertiary/aromatic N) is 2. The molecule has 0 aliphatic carbocycles. The smallest absolute Gasteiger partial charge is 0.331 e. The summed E-state index contributed by atoms with van der Waals surface area (Å²) in [7, 11) is 4.25. The molecule has 0 atom stereocenters. The highest BCUT2D eigenvalue weighted by Crippen LogP contribution is 2.14. The number of piperidine rings is 1. The van der Waals surface area contributed by atoms with Crippen molar-refractivity contribution < 1.29 is 9.90 Å². The first-order valence-electron chi connectivity index (χ1n) is 6.35. The maximum atomic E-state index is 10.9. The van der Waals surface area contributed by atoms with Crippen LogP contribution < -0.4 is 0 Å². The quantitative estimate of drug-likeness (QED) is 0.738. The van der Waals surface area contributed by atoms with Crippen molar-refractivity contribution in [1.29, 1.82) is 0 Å². The number of aliphatic carboxylic acids is 1. The maximum absolute atomic E-state index is 10.9. The average molecular weight is 240 g/mol. The monoisotopic (exact) mass is 240 g/mol. The molecule has 4 nitrogen and oxygen atoms in total. The third-order valence-electron chi connectivity index (χ3n) is 3.54. The number of carbonyl (C=O) groups is 1. The fourth-order valence-electron chi connectivity index (χ4n) is 2.24. The van der Waals surface area contributed by atoms with E-state index in [-0.39, 0.29) is 0 Å². The fraction of sp³-hybridized carbons (Fsp3) is 0.769. The Hall–Kier alpha value is -0.870. The van der Waals surface area contributed by atoms with E-state index in [0.717, 1.165) is 19.6 Å². The summed E-state index contributed by atoms with van der Waals surface area (Å²) in [4.78, 5) is 15.5. The lowest BCUT2D eigenvalue weighted by Crippen LogP contribution is -2.41. The lowest BCUT2D eigenvalue weighted by Gasteiger charge is -2.34. The molecule has 1 N–H and O–H groups in total. The summed E-state index contributed by atoms with van der Waals surface area (Å²) in [6.45, 7) is 4.79. The second-order valence-electron chi connectivity index (χ2n) is 4.88. The first-order valence-corrected chi connectivity index (χ1v) is 6.35. The van der Waals surface area contributed by atoms with Gasteiger partial charge in [0.25, 0.3) is 0 Å². The van der Waals surface area contributed by atoms with Gasteiger partial charge in [-0.15, -0.1) is 0 Å². The van der Waals surface area contributed by atoms with Crippen LogP contribution in [0.2, 0.25) is 0 Å². The average Bonchev–Trinajstić information content (AvgIpc) is 2.30. The van der Waals surface area contributed by atoms with E-state index in [2.05, 4.69) is 23.9 Å². The highest BCUT2D eigenvalue weighted by Gasteiger charge is 2.19. The van der Waals surface area contributed by atoms with Crippen molar-refractivity contribution in [2.45, 2.75) is 32.2 Å². The summed E-state index contributed by atoms with van der Waals surface area (Å²) in [6.07, 6.45) is 4.81. The SMILES string of the molecule is CCC(=CCN1CCC(N(C)C)CC1)C(=O)O. The molecular weight excluding hydrogens is 216 g/mol. The molecule has 1 aliphatic rings. The van der Waals surface area contributed by atoms with Crippen LogP contribution in [0.1, 0.15) is 26.2 Å². The lowest BCUT2D eigenvalue weighted by atomic mass is 10.0. The van der Waals surface area contributed by atoms with Crippen LogP contribution in [0.15, 0.2) is 11.6 Å². The Morgan fingerprint density at radius 3 is 2.41 bits per heavy atom. The molecule has 0 saturated carbocycles. The van der Waals surface area contributed by atoms with Crippen molar-refractivity contribution >= 4 is 5.97 Å². The number of carboxylic acid groups (broad SMARTS) is 1. The predicted octanol–water partition coefficient (Wildman–Crippen LogP) is 1.43. The van der Waals surface area contributed by atoms with E-state index in [1.807, 2.05) is 13.0 Å². The Morgan fingerprint density at radius 1 is 1.41 bits per heavy atom. The van der Waals surface area contributed by atoms with Crippen molar-refractivity contribution in [3.8, 4) is 0 Å². The van der Waals surface area contributed by atoms with Crippen molar-refractivity contribution in [3.05, 3.63) is 11.6 Å². The number of rotatable bonds is 5. The van der Waals surface area contributed by atoms with Gasteiger partial charge in [-0.2, -0.15) is 0 Å². The topological polar surface area (TPSA) is 43.8 Å². The van der Waals surface area contributed by atoms with Gasteiger partial charge in [-0.1, -0.05) is 13.0 Å². The number of likely N-dealkylation sites (tertiary alicyclic amines) is 1. The molecule has 98 valence electrons. The van der Waals surface area contributed by atoms with Crippen molar-refractivity contribution in [3.63, 3.8) is 0 Å². The minimum atomic E-state index is -0.782. The van der Waals surface area contributed by atoms with Gasteiger partial charge in [0.2, 0.25) is 0 Å². The number of hydrogen-bond donors (Lipinski definition) is 1. The zero-order valence-electron chi connectivity index (χ0n) is 11.1. The molecule has 0 bridgehead atoms.